The van der Waals surface area contributed by atoms with Crippen molar-refractivity contribution in [2.24, 2.45) is 0 Å². The molecular weight excluding hydrogens is 354 g/mol. The number of carbonyl (C=O) groups is 1. The van der Waals surface area contributed by atoms with E-state index in [1.54, 1.807) is 30.6 Å². The van der Waals surface area contributed by atoms with Crippen LogP contribution in [0.3, 0.4) is 0 Å². The third-order valence-electron chi connectivity index (χ3n) is 3.50. The maximum Gasteiger partial charge on any atom is 0.274 e. The number of halogens is 1. The van der Waals surface area contributed by atoms with E-state index in [0.29, 0.717) is 29.0 Å². The second-order valence-electron chi connectivity index (χ2n) is 5.28. The van der Waals surface area contributed by atoms with Crippen molar-refractivity contribution in [3.63, 3.8) is 0 Å². The number of methoxy groups -OCH3 is 1. The Hall–Kier alpha value is -3.19. The van der Waals surface area contributed by atoms with Crippen molar-refractivity contribution in [1.29, 1.82) is 0 Å². The van der Waals surface area contributed by atoms with Crippen LogP contribution in [-0.2, 0) is 6.54 Å². The fourth-order valence-electron chi connectivity index (χ4n) is 2.19. The molecule has 2 heterocycles. The Morgan fingerprint density at radius 1 is 1.15 bits per heavy atom. The van der Waals surface area contributed by atoms with Crippen LogP contribution in [0.5, 0.6) is 5.75 Å². The van der Waals surface area contributed by atoms with Gasteiger partial charge in [-0.1, -0.05) is 11.6 Å². The molecule has 0 aliphatic carbocycles. The molecular formula is C18H16ClN5O2. The fourth-order valence-corrected chi connectivity index (χ4v) is 2.45. The minimum Gasteiger partial charge on any atom is -0.495 e. The third kappa shape index (κ3) is 4.46. The van der Waals surface area contributed by atoms with E-state index < -0.39 is 0 Å². The van der Waals surface area contributed by atoms with Gasteiger partial charge in [-0.2, -0.15) is 0 Å². The summed E-state index contributed by atoms with van der Waals surface area (Å²) in [6, 6.07) is 10.3. The number of anilines is 2. The molecule has 0 fully saturated rings. The second-order valence-corrected chi connectivity index (χ2v) is 5.69. The third-order valence-corrected chi connectivity index (χ3v) is 3.79. The number of amides is 1. The lowest BCUT2D eigenvalue weighted by Gasteiger charge is -2.09. The summed E-state index contributed by atoms with van der Waals surface area (Å²) in [5, 5.41) is 6.23. The minimum atomic E-state index is -0.361. The van der Waals surface area contributed by atoms with Gasteiger partial charge in [0.2, 0.25) is 5.95 Å². The van der Waals surface area contributed by atoms with Crippen molar-refractivity contribution in [3.8, 4) is 5.75 Å². The summed E-state index contributed by atoms with van der Waals surface area (Å²) in [6.45, 7) is 0.529. The van der Waals surface area contributed by atoms with E-state index >= 15 is 0 Å². The SMILES string of the molecule is COc1ccc(NC(=O)c2ccnc(NCc3ccncc3)n2)cc1Cl. The first-order chi connectivity index (χ1) is 12.7. The number of rotatable bonds is 6. The fraction of sp³-hybridized carbons (Fsp3) is 0.111. The highest BCUT2D eigenvalue weighted by Gasteiger charge is 2.10. The molecule has 3 aromatic rings. The van der Waals surface area contributed by atoms with Gasteiger partial charge in [-0.3, -0.25) is 9.78 Å². The van der Waals surface area contributed by atoms with E-state index in [1.165, 1.54) is 19.4 Å². The molecule has 0 aliphatic heterocycles. The van der Waals surface area contributed by atoms with Crippen LogP contribution in [0.15, 0.2) is 55.0 Å². The predicted octanol–water partition coefficient (Wildman–Crippen LogP) is 3.40. The molecule has 132 valence electrons. The lowest BCUT2D eigenvalue weighted by Crippen LogP contribution is -2.15. The predicted molar refractivity (Wildman–Crippen MR) is 99.6 cm³/mol. The highest BCUT2D eigenvalue weighted by atomic mass is 35.5. The molecule has 8 heteroatoms. The number of hydrogen-bond donors (Lipinski definition) is 2. The molecule has 7 nitrogen and oxygen atoms in total. The van der Waals surface area contributed by atoms with Gasteiger partial charge in [-0.05, 0) is 42.0 Å². The standard InChI is InChI=1S/C18H16ClN5O2/c1-26-16-3-2-13(10-14(16)19)23-17(25)15-6-9-21-18(24-15)22-11-12-4-7-20-8-5-12/h2-10H,11H2,1H3,(H,23,25)(H,21,22,24). The van der Waals surface area contributed by atoms with Crippen LogP contribution in [0.2, 0.25) is 5.02 Å². The summed E-state index contributed by atoms with van der Waals surface area (Å²) in [6.07, 6.45) is 4.95. The Morgan fingerprint density at radius 3 is 2.69 bits per heavy atom. The van der Waals surface area contributed by atoms with Gasteiger partial charge in [0.15, 0.2) is 0 Å². The number of benzene rings is 1. The monoisotopic (exact) mass is 369 g/mol. The van der Waals surface area contributed by atoms with Crippen LogP contribution >= 0.6 is 11.6 Å². The smallest absolute Gasteiger partial charge is 0.274 e. The Bertz CT molecular complexity index is 905. The molecule has 0 atom stereocenters. The number of aromatic nitrogens is 3. The number of hydrogen-bond acceptors (Lipinski definition) is 6. The summed E-state index contributed by atoms with van der Waals surface area (Å²) >= 11 is 6.07. The average Bonchev–Trinajstić information content (AvgIpc) is 2.67. The molecule has 1 aromatic carbocycles. The minimum absolute atomic E-state index is 0.240. The van der Waals surface area contributed by atoms with Crippen LogP contribution in [0.4, 0.5) is 11.6 Å². The molecule has 0 saturated heterocycles. The molecule has 0 radical (unpaired) electrons. The van der Waals surface area contributed by atoms with E-state index in [9.17, 15) is 4.79 Å². The highest BCUT2D eigenvalue weighted by molar-refractivity contribution is 6.32. The summed E-state index contributed by atoms with van der Waals surface area (Å²) in [5.74, 6) is 0.539. The maximum atomic E-state index is 12.4. The summed E-state index contributed by atoms with van der Waals surface area (Å²) in [4.78, 5) is 24.7. The summed E-state index contributed by atoms with van der Waals surface area (Å²) in [5.41, 5.74) is 1.82. The van der Waals surface area contributed by atoms with Crippen molar-refractivity contribution >= 4 is 29.1 Å². The van der Waals surface area contributed by atoms with Gasteiger partial charge in [-0.15, -0.1) is 0 Å². The number of carbonyl (C=O) groups excluding carboxylic acids is 1. The number of ether oxygens (including phenoxy) is 1. The van der Waals surface area contributed by atoms with Crippen LogP contribution in [0.25, 0.3) is 0 Å². The van der Waals surface area contributed by atoms with Gasteiger partial charge in [0.05, 0.1) is 12.1 Å². The Labute approximate surface area is 155 Å². The van der Waals surface area contributed by atoms with Crippen LogP contribution < -0.4 is 15.4 Å². The summed E-state index contributed by atoms with van der Waals surface area (Å²) < 4.78 is 5.09. The topological polar surface area (TPSA) is 89.0 Å². The molecule has 0 spiro atoms. The molecule has 2 aromatic heterocycles. The Balaban J connectivity index is 1.67. The van der Waals surface area contributed by atoms with Crippen molar-refractivity contribution in [3.05, 3.63) is 71.3 Å². The van der Waals surface area contributed by atoms with Crippen LogP contribution in [-0.4, -0.2) is 28.0 Å². The Kier molecular flexibility index (Phi) is 5.60. The van der Waals surface area contributed by atoms with Gasteiger partial charge in [-0.25, -0.2) is 9.97 Å². The Morgan fingerprint density at radius 2 is 1.96 bits per heavy atom. The van der Waals surface area contributed by atoms with Crippen LogP contribution in [0, 0.1) is 0 Å². The van der Waals surface area contributed by atoms with E-state index in [1.807, 2.05) is 12.1 Å². The maximum absolute atomic E-state index is 12.4. The largest absolute Gasteiger partial charge is 0.495 e. The molecule has 0 unspecified atom stereocenters. The van der Waals surface area contributed by atoms with E-state index in [0.717, 1.165) is 5.56 Å². The highest BCUT2D eigenvalue weighted by Crippen LogP contribution is 2.27. The van der Waals surface area contributed by atoms with Gasteiger partial charge in [0.25, 0.3) is 5.91 Å². The lowest BCUT2D eigenvalue weighted by molar-refractivity contribution is 0.102. The molecule has 2 N–H and O–H groups in total. The van der Waals surface area contributed by atoms with Crippen LogP contribution in [0.1, 0.15) is 16.1 Å². The zero-order valence-electron chi connectivity index (χ0n) is 13.9. The van der Waals surface area contributed by atoms with Crippen molar-refractivity contribution in [2.45, 2.75) is 6.54 Å². The van der Waals surface area contributed by atoms with E-state index in [4.69, 9.17) is 16.3 Å². The first kappa shape index (κ1) is 17.6. The molecule has 0 saturated carbocycles. The number of pyridine rings is 1. The van der Waals surface area contributed by atoms with Gasteiger partial charge < -0.3 is 15.4 Å². The van der Waals surface area contributed by atoms with Crippen molar-refractivity contribution in [1.82, 2.24) is 15.0 Å². The average molecular weight is 370 g/mol. The van der Waals surface area contributed by atoms with Gasteiger partial charge >= 0.3 is 0 Å². The van der Waals surface area contributed by atoms with Gasteiger partial charge in [0, 0.05) is 30.8 Å². The van der Waals surface area contributed by atoms with E-state index in [-0.39, 0.29) is 11.6 Å². The molecule has 0 aliphatic rings. The number of nitrogens with zero attached hydrogens (tertiary/aromatic N) is 3. The zero-order valence-corrected chi connectivity index (χ0v) is 14.7. The van der Waals surface area contributed by atoms with Gasteiger partial charge in [0.1, 0.15) is 11.4 Å². The van der Waals surface area contributed by atoms with Crippen molar-refractivity contribution in [2.75, 3.05) is 17.7 Å². The molecule has 26 heavy (non-hydrogen) atoms. The first-order valence-electron chi connectivity index (χ1n) is 7.76. The first-order valence-corrected chi connectivity index (χ1v) is 8.14. The van der Waals surface area contributed by atoms with E-state index in [2.05, 4.69) is 25.6 Å². The molecule has 1 amide bonds. The lowest BCUT2D eigenvalue weighted by atomic mass is 10.3. The second kappa shape index (κ2) is 8.26. The number of nitrogens with one attached hydrogen (secondary N) is 2. The van der Waals surface area contributed by atoms with Crippen molar-refractivity contribution < 1.29 is 9.53 Å². The molecule has 3 rings (SSSR count). The molecule has 0 bridgehead atoms. The zero-order chi connectivity index (χ0) is 18.4. The summed E-state index contributed by atoms with van der Waals surface area (Å²) in [7, 11) is 1.53. The normalized spacial score (nSPS) is 10.2. The quantitative estimate of drug-likeness (QED) is 0.692.